The first-order valence-electron chi connectivity index (χ1n) is 5.57. The number of nitrogens with one attached hydrogen (secondary N) is 1. The van der Waals surface area contributed by atoms with E-state index in [-0.39, 0.29) is 11.7 Å². The maximum Gasteiger partial charge on any atom is 0.209 e. The lowest BCUT2D eigenvalue weighted by Crippen LogP contribution is -2.19. The Hall–Kier alpha value is -0.730. The molecule has 1 heterocycles. The summed E-state index contributed by atoms with van der Waals surface area (Å²) in [6.45, 7) is 4.51. The second-order valence-corrected chi connectivity index (χ2v) is 6.78. The van der Waals surface area contributed by atoms with Gasteiger partial charge in [0.1, 0.15) is 16.2 Å². The Morgan fingerprint density at radius 1 is 1.44 bits per heavy atom. The second-order valence-electron chi connectivity index (χ2n) is 4.24. The van der Waals surface area contributed by atoms with Gasteiger partial charge in [0.25, 0.3) is 0 Å². The van der Waals surface area contributed by atoms with Gasteiger partial charge in [-0.25, -0.2) is 23.5 Å². The minimum Gasteiger partial charge on any atom is -0.370 e. The molecule has 8 heteroatoms. The highest BCUT2D eigenvalue weighted by Gasteiger charge is 2.07. The van der Waals surface area contributed by atoms with Gasteiger partial charge in [0, 0.05) is 18.5 Å². The Labute approximate surface area is 116 Å². The molecule has 0 radical (unpaired) electrons. The fourth-order valence-corrected chi connectivity index (χ4v) is 2.22. The molecule has 0 unspecified atom stereocenters. The van der Waals surface area contributed by atoms with Gasteiger partial charge in [-0.15, -0.1) is 0 Å². The lowest BCUT2D eigenvalue weighted by atomic mass is 10.2. The minimum absolute atomic E-state index is 0.0384. The van der Waals surface area contributed by atoms with Crippen molar-refractivity contribution in [1.29, 1.82) is 0 Å². The molecular weight excluding hydrogens is 320 g/mol. The largest absolute Gasteiger partial charge is 0.370 e. The average molecular weight is 337 g/mol. The zero-order chi connectivity index (χ0) is 13.8. The van der Waals surface area contributed by atoms with Crippen LogP contribution in [0, 0.1) is 0 Å². The smallest absolute Gasteiger partial charge is 0.209 e. The summed E-state index contributed by atoms with van der Waals surface area (Å²) >= 11 is 3.32. The van der Waals surface area contributed by atoms with Crippen molar-refractivity contribution in [2.75, 3.05) is 17.6 Å². The van der Waals surface area contributed by atoms with E-state index >= 15 is 0 Å². The fourth-order valence-electron chi connectivity index (χ4n) is 1.27. The maximum absolute atomic E-state index is 10.8. The van der Waals surface area contributed by atoms with E-state index < -0.39 is 10.0 Å². The zero-order valence-electron chi connectivity index (χ0n) is 10.4. The summed E-state index contributed by atoms with van der Waals surface area (Å²) in [5.74, 6) is 1.60. The number of sulfonamides is 1. The predicted molar refractivity (Wildman–Crippen MR) is 74.9 cm³/mol. The van der Waals surface area contributed by atoms with Crippen LogP contribution in [0.1, 0.15) is 32.0 Å². The van der Waals surface area contributed by atoms with Gasteiger partial charge in [-0.05, 0) is 22.4 Å². The molecule has 0 bridgehead atoms. The quantitative estimate of drug-likeness (QED) is 0.605. The molecular formula is C10H17BrN4O2S. The van der Waals surface area contributed by atoms with Crippen molar-refractivity contribution in [3.05, 3.63) is 16.5 Å². The zero-order valence-corrected chi connectivity index (χ0v) is 12.8. The number of nitrogens with zero attached hydrogens (tertiary/aromatic N) is 2. The summed E-state index contributed by atoms with van der Waals surface area (Å²) in [6.07, 6.45) is 0.442. The van der Waals surface area contributed by atoms with E-state index in [1.165, 1.54) is 0 Å². The van der Waals surface area contributed by atoms with Gasteiger partial charge in [0.05, 0.1) is 5.75 Å². The summed E-state index contributed by atoms with van der Waals surface area (Å²) in [6, 6.07) is 1.75. The monoisotopic (exact) mass is 336 g/mol. The van der Waals surface area contributed by atoms with Gasteiger partial charge in [-0.2, -0.15) is 0 Å². The fraction of sp³-hybridized carbons (Fsp3) is 0.600. The third kappa shape index (κ3) is 5.74. The van der Waals surface area contributed by atoms with Crippen LogP contribution in [-0.2, 0) is 10.0 Å². The van der Waals surface area contributed by atoms with E-state index in [1.807, 2.05) is 13.8 Å². The summed E-state index contributed by atoms with van der Waals surface area (Å²) in [5.41, 5.74) is 0. The highest BCUT2D eigenvalue weighted by Crippen LogP contribution is 2.17. The van der Waals surface area contributed by atoms with E-state index in [0.29, 0.717) is 23.4 Å². The highest BCUT2D eigenvalue weighted by molar-refractivity contribution is 9.10. The molecule has 6 nitrogen and oxygen atoms in total. The van der Waals surface area contributed by atoms with Gasteiger partial charge >= 0.3 is 0 Å². The molecule has 0 aliphatic heterocycles. The maximum atomic E-state index is 10.8. The number of hydrogen-bond donors (Lipinski definition) is 2. The van der Waals surface area contributed by atoms with Gasteiger partial charge in [0.2, 0.25) is 10.0 Å². The molecule has 0 saturated heterocycles. The van der Waals surface area contributed by atoms with Crippen LogP contribution in [0.2, 0.25) is 0 Å². The number of rotatable bonds is 6. The molecule has 0 atom stereocenters. The molecule has 18 heavy (non-hydrogen) atoms. The molecule has 1 aromatic rings. The van der Waals surface area contributed by atoms with Gasteiger partial charge in [-0.3, -0.25) is 0 Å². The van der Waals surface area contributed by atoms with Crippen molar-refractivity contribution >= 4 is 31.8 Å². The molecule has 3 N–H and O–H groups in total. The molecule has 0 aromatic carbocycles. The van der Waals surface area contributed by atoms with Gasteiger partial charge < -0.3 is 5.32 Å². The Bertz CT molecular complexity index is 505. The van der Waals surface area contributed by atoms with E-state index in [4.69, 9.17) is 5.14 Å². The Morgan fingerprint density at radius 3 is 2.67 bits per heavy atom. The molecule has 1 aromatic heterocycles. The SMILES string of the molecule is CC(C)c1nc(Br)cc(NCCCS(N)(=O)=O)n1. The number of halogens is 1. The van der Waals surface area contributed by atoms with Crippen molar-refractivity contribution in [3.8, 4) is 0 Å². The topological polar surface area (TPSA) is 98.0 Å². The molecule has 0 aliphatic carbocycles. The lowest BCUT2D eigenvalue weighted by molar-refractivity contribution is 0.595. The van der Waals surface area contributed by atoms with Crippen molar-refractivity contribution < 1.29 is 8.42 Å². The van der Waals surface area contributed by atoms with Gasteiger partial charge in [-0.1, -0.05) is 13.8 Å². The summed E-state index contributed by atoms with van der Waals surface area (Å²) < 4.78 is 22.2. The Morgan fingerprint density at radius 2 is 2.11 bits per heavy atom. The first kappa shape index (κ1) is 15.3. The third-order valence-electron chi connectivity index (χ3n) is 2.14. The van der Waals surface area contributed by atoms with Crippen LogP contribution in [0.4, 0.5) is 5.82 Å². The van der Waals surface area contributed by atoms with Crippen molar-refractivity contribution in [1.82, 2.24) is 9.97 Å². The Balaban J connectivity index is 2.57. The highest BCUT2D eigenvalue weighted by atomic mass is 79.9. The number of anilines is 1. The second kappa shape index (κ2) is 6.44. The van der Waals surface area contributed by atoms with E-state index in [9.17, 15) is 8.42 Å². The number of hydrogen-bond acceptors (Lipinski definition) is 5. The van der Waals surface area contributed by atoms with Crippen LogP contribution in [0.3, 0.4) is 0 Å². The van der Waals surface area contributed by atoms with Gasteiger partial charge in [0.15, 0.2) is 0 Å². The summed E-state index contributed by atoms with van der Waals surface area (Å²) in [7, 11) is -3.39. The third-order valence-corrected chi connectivity index (χ3v) is 3.40. The lowest BCUT2D eigenvalue weighted by Gasteiger charge is -2.09. The summed E-state index contributed by atoms with van der Waals surface area (Å²) in [4.78, 5) is 8.58. The molecule has 0 amide bonds. The van der Waals surface area contributed by atoms with Crippen LogP contribution >= 0.6 is 15.9 Å². The molecule has 0 fully saturated rings. The molecule has 0 spiro atoms. The molecule has 1 rings (SSSR count). The minimum atomic E-state index is -3.39. The number of primary sulfonamides is 1. The first-order chi connectivity index (χ1) is 8.28. The van der Waals surface area contributed by atoms with Crippen molar-refractivity contribution in [3.63, 3.8) is 0 Å². The predicted octanol–water partition coefficient (Wildman–Crippen LogP) is 1.45. The van der Waals surface area contributed by atoms with Crippen LogP contribution in [0.25, 0.3) is 0 Å². The van der Waals surface area contributed by atoms with Crippen LogP contribution in [0.5, 0.6) is 0 Å². The Kier molecular flexibility index (Phi) is 5.48. The van der Waals surface area contributed by atoms with Crippen LogP contribution < -0.4 is 10.5 Å². The molecule has 102 valence electrons. The van der Waals surface area contributed by atoms with E-state index in [2.05, 4.69) is 31.2 Å². The van der Waals surface area contributed by atoms with Crippen molar-refractivity contribution in [2.24, 2.45) is 5.14 Å². The van der Waals surface area contributed by atoms with E-state index in [1.54, 1.807) is 6.07 Å². The standard InChI is InChI=1S/C10H17BrN4O2S/c1-7(2)10-14-8(11)6-9(15-10)13-4-3-5-18(12,16)17/h6-7H,3-5H2,1-2H3,(H2,12,16,17)(H,13,14,15). The average Bonchev–Trinajstić information content (AvgIpc) is 2.22. The van der Waals surface area contributed by atoms with E-state index in [0.717, 1.165) is 5.82 Å². The number of aromatic nitrogens is 2. The van der Waals surface area contributed by atoms with Crippen molar-refractivity contribution in [2.45, 2.75) is 26.2 Å². The van der Waals surface area contributed by atoms with Crippen LogP contribution in [0.15, 0.2) is 10.7 Å². The summed E-state index contributed by atoms with van der Waals surface area (Å²) in [5, 5.41) is 7.97. The normalized spacial score (nSPS) is 11.8. The first-order valence-corrected chi connectivity index (χ1v) is 8.07. The van der Waals surface area contributed by atoms with Crippen LogP contribution in [-0.4, -0.2) is 30.7 Å². The molecule has 0 aliphatic rings. The number of nitrogens with two attached hydrogens (primary N) is 1. The molecule has 0 saturated carbocycles.